The molecule has 34 heavy (non-hydrogen) atoms. The van der Waals surface area contributed by atoms with Gasteiger partial charge in [0, 0.05) is 28.3 Å². The van der Waals surface area contributed by atoms with Crippen molar-refractivity contribution < 1.29 is 8.98 Å². The molecular formula is C31H29N2O+. The van der Waals surface area contributed by atoms with Crippen molar-refractivity contribution in [1.82, 2.24) is 0 Å². The van der Waals surface area contributed by atoms with Crippen LogP contribution in [0.2, 0.25) is 0 Å². The number of aryl methyl sites for hydroxylation is 2. The third-order valence-corrected chi connectivity index (χ3v) is 7.89. The molecule has 0 spiro atoms. The molecule has 2 heterocycles. The van der Waals surface area contributed by atoms with E-state index in [1.54, 1.807) is 0 Å². The van der Waals surface area contributed by atoms with Crippen LogP contribution in [0.3, 0.4) is 0 Å². The number of nitrogens with zero attached hydrogens (tertiary/aromatic N) is 2. The summed E-state index contributed by atoms with van der Waals surface area (Å²) in [7, 11) is 2.15. The van der Waals surface area contributed by atoms with Gasteiger partial charge < -0.3 is 4.42 Å². The van der Waals surface area contributed by atoms with E-state index in [4.69, 9.17) is 11.0 Å². The molecule has 0 bridgehead atoms. The molecule has 0 radical (unpaired) electrons. The summed E-state index contributed by atoms with van der Waals surface area (Å²) < 4.78 is 8.72. The Hall–Kier alpha value is -3.64. The molecule has 0 amide bonds. The highest BCUT2D eigenvalue weighted by Crippen LogP contribution is 2.40. The van der Waals surface area contributed by atoms with Crippen molar-refractivity contribution in [1.29, 1.82) is 0 Å². The van der Waals surface area contributed by atoms with Gasteiger partial charge in [0.2, 0.25) is 11.2 Å². The molecule has 0 aliphatic heterocycles. The van der Waals surface area contributed by atoms with E-state index in [-0.39, 0.29) is 0 Å². The van der Waals surface area contributed by atoms with Crippen LogP contribution in [0.5, 0.6) is 0 Å². The molecule has 1 fully saturated rings. The Bertz CT molecular complexity index is 1630. The van der Waals surface area contributed by atoms with Crippen LogP contribution in [0.15, 0.2) is 59.0 Å². The Kier molecular flexibility index (Phi) is 4.92. The lowest BCUT2D eigenvalue weighted by atomic mass is 9.95. The number of rotatable bonds is 3. The highest BCUT2D eigenvalue weighted by Gasteiger charge is 2.24. The molecule has 2 aromatic heterocycles. The Morgan fingerprint density at radius 3 is 2.59 bits per heavy atom. The lowest BCUT2D eigenvalue weighted by Crippen LogP contribution is -2.32. The minimum atomic E-state index is 0.603. The standard InChI is InChI=1S/C31H29N2O/c1-19-15-26-25-12-11-24(32-3)18-29(25)34-31(26)30(20(19)2)28-14-10-23-17-22(9-13-27(23)33(28)4)16-21-7-5-6-8-21/h9-15,17-18,21H,5-8,16H2,1-2,4H3/q+1. The summed E-state index contributed by atoms with van der Waals surface area (Å²) in [5.74, 6) is 0.852. The van der Waals surface area contributed by atoms with E-state index < -0.39 is 0 Å². The smallest absolute Gasteiger partial charge is 0.216 e. The van der Waals surface area contributed by atoms with Crippen LogP contribution in [0.4, 0.5) is 5.69 Å². The molecule has 168 valence electrons. The molecule has 1 aliphatic rings. The van der Waals surface area contributed by atoms with Gasteiger partial charge in [-0.3, -0.25) is 0 Å². The van der Waals surface area contributed by atoms with E-state index in [0.29, 0.717) is 5.69 Å². The molecule has 1 aliphatic carbocycles. The van der Waals surface area contributed by atoms with Gasteiger partial charge in [-0.2, -0.15) is 4.57 Å². The van der Waals surface area contributed by atoms with Crippen LogP contribution in [0.25, 0.3) is 48.9 Å². The zero-order valence-corrected chi connectivity index (χ0v) is 20.1. The van der Waals surface area contributed by atoms with Crippen molar-refractivity contribution in [3.8, 4) is 11.3 Å². The lowest BCUT2D eigenvalue weighted by Gasteiger charge is -2.12. The highest BCUT2D eigenvalue weighted by molar-refractivity contribution is 6.10. The minimum absolute atomic E-state index is 0.603. The SMILES string of the molecule is [C-]#[N+]c1ccc2c(c1)oc1c(-c3ccc4cc(CC5CCCC5)ccc4[n+]3C)c(C)c(C)cc12. The summed E-state index contributed by atoms with van der Waals surface area (Å²) in [4.78, 5) is 3.58. The predicted octanol–water partition coefficient (Wildman–Crippen LogP) is 8.13. The monoisotopic (exact) mass is 445 g/mol. The summed E-state index contributed by atoms with van der Waals surface area (Å²) in [5, 5.41) is 3.46. The summed E-state index contributed by atoms with van der Waals surface area (Å²) in [5.41, 5.74) is 9.70. The van der Waals surface area contributed by atoms with Gasteiger partial charge in [-0.25, -0.2) is 4.85 Å². The summed E-state index contributed by atoms with van der Waals surface area (Å²) in [6.45, 7) is 11.7. The first kappa shape index (κ1) is 20.9. The second-order valence-corrected chi connectivity index (χ2v) is 9.99. The molecule has 0 saturated heterocycles. The van der Waals surface area contributed by atoms with Crippen molar-refractivity contribution in [3.63, 3.8) is 0 Å². The fraction of sp³-hybridized carbons (Fsp3) is 0.290. The van der Waals surface area contributed by atoms with Gasteiger partial charge in [0.05, 0.1) is 12.1 Å². The summed E-state index contributed by atoms with van der Waals surface area (Å²) in [6.07, 6.45) is 6.73. The van der Waals surface area contributed by atoms with Crippen molar-refractivity contribution >= 4 is 38.5 Å². The van der Waals surface area contributed by atoms with Crippen molar-refractivity contribution in [2.24, 2.45) is 13.0 Å². The molecule has 6 rings (SSSR count). The van der Waals surface area contributed by atoms with Gasteiger partial charge in [-0.1, -0.05) is 43.9 Å². The van der Waals surface area contributed by atoms with Gasteiger partial charge in [-0.15, -0.1) is 0 Å². The van der Waals surface area contributed by atoms with E-state index in [1.165, 1.54) is 59.7 Å². The number of aromatic nitrogens is 1. The fourth-order valence-corrected chi connectivity index (χ4v) is 5.88. The average Bonchev–Trinajstić information content (AvgIpc) is 3.48. The molecule has 0 unspecified atom stereocenters. The third-order valence-electron chi connectivity index (χ3n) is 7.89. The lowest BCUT2D eigenvalue weighted by molar-refractivity contribution is -0.633. The van der Waals surface area contributed by atoms with E-state index in [2.05, 4.69) is 66.7 Å². The van der Waals surface area contributed by atoms with E-state index >= 15 is 0 Å². The largest absolute Gasteiger partial charge is 0.456 e. The van der Waals surface area contributed by atoms with Crippen molar-refractivity contribution in [2.45, 2.75) is 46.0 Å². The van der Waals surface area contributed by atoms with Gasteiger partial charge in [-0.05, 0) is 67.1 Å². The average molecular weight is 446 g/mol. The van der Waals surface area contributed by atoms with Crippen molar-refractivity contribution in [3.05, 3.63) is 82.7 Å². The topological polar surface area (TPSA) is 21.4 Å². The first-order chi connectivity index (χ1) is 16.5. The number of benzene rings is 3. The van der Waals surface area contributed by atoms with Crippen LogP contribution in [-0.4, -0.2) is 0 Å². The van der Waals surface area contributed by atoms with Gasteiger partial charge in [0.1, 0.15) is 18.2 Å². The Labute approximate surface area is 200 Å². The first-order valence-corrected chi connectivity index (χ1v) is 12.3. The molecule has 3 nitrogen and oxygen atoms in total. The second-order valence-electron chi connectivity index (χ2n) is 9.99. The molecule has 1 saturated carbocycles. The highest BCUT2D eigenvalue weighted by atomic mass is 16.3. The van der Waals surface area contributed by atoms with Crippen LogP contribution in [0.1, 0.15) is 42.4 Å². The normalized spacial score (nSPS) is 14.4. The Balaban J connectivity index is 1.53. The van der Waals surface area contributed by atoms with Crippen LogP contribution < -0.4 is 4.57 Å². The zero-order chi connectivity index (χ0) is 23.4. The summed E-state index contributed by atoms with van der Waals surface area (Å²) in [6, 6.07) is 19.4. The second kappa shape index (κ2) is 7.99. The maximum atomic E-state index is 7.36. The maximum absolute atomic E-state index is 7.36. The van der Waals surface area contributed by atoms with Gasteiger partial charge in [0.15, 0.2) is 5.69 Å². The summed E-state index contributed by atoms with van der Waals surface area (Å²) >= 11 is 0. The molecule has 0 atom stereocenters. The Morgan fingerprint density at radius 1 is 0.971 bits per heavy atom. The van der Waals surface area contributed by atoms with Crippen LogP contribution >= 0.6 is 0 Å². The van der Waals surface area contributed by atoms with Crippen molar-refractivity contribution in [2.75, 3.05) is 0 Å². The number of hydrogen-bond donors (Lipinski definition) is 0. The van der Waals surface area contributed by atoms with Crippen LogP contribution in [0, 0.1) is 26.3 Å². The predicted molar refractivity (Wildman–Crippen MR) is 139 cm³/mol. The number of pyridine rings is 1. The zero-order valence-electron chi connectivity index (χ0n) is 20.1. The van der Waals surface area contributed by atoms with Gasteiger partial charge in [0.25, 0.3) is 0 Å². The number of fused-ring (bicyclic) bond motifs is 4. The molecule has 3 aromatic carbocycles. The van der Waals surface area contributed by atoms with Gasteiger partial charge >= 0.3 is 0 Å². The molecule has 3 heteroatoms. The third kappa shape index (κ3) is 3.29. The maximum Gasteiger partial charge on any atom is 0.216 e. The van der Waals surface area contributed by atoms with Crippen LogP contribution in [-0.2, 0) is 13.5 Å². The minimum Gasteiger partial charge on any atom is -0.456 e. The number of hydrogen-bond acceptors (Lipinski definition) is 1. The quantitative estimate of drug-likeness (QED) is 0.203. The van der Waals surface area contributed by atoms with E-state index in [0.717, 1.165) is 39.1 Å². The number of furan rings is 1. The molecule has 0 N–H and O–H groups in total. The molecular weight excluding hydrogens is 416 g/mol. The molecule has 5 aromatic rings. The first-order valence-electron chi connectivity index (χ1n) is 12.3. The Morgan fingerprint density at radius 2 is 1.79 bits per heavy atom. The van der Waals surface area contributed by atoms with E-state index in [9.17, 15) is 0 Å². The van der Waals surface area contributed by atoms with E-state index in [1.807, 2.05) is 18.2 Å². The fourth-order valence-electron chi connectivity index (χ4n) is 5.88.